The molecule has 2 aromatic carbocycles. The molecule has 3 N–H and O–H groups in total. The zero-order chi connectivity index (χ0) is 51.0. The quantitative estimate of drug-likeness (QED) is 0.0688. The molecular formula is C50H77N7O11. The van der Waals surface area contributed by atoms with Gasteiger partial charge in [-0.1, -0.05) is 97.4 Å². The minimum atomic E-state index is -1.18. The molecule has 18 nitrogen and oxygen atoms in total. The van der Waals surface area contributed by atoms with Crippen LogP contribution in [0.4, 0.5) is 5.69 Å². The number of nitrogens with zero attached hydrogens (tertiary/aromatic N) is 4. The standard InChI is InChI=1S/C50H77N7O11/c1-14-32(6)44(55(10)49(62)42(30(2)3)53-48(61)43(31(4)5)54(8)9)40(66-11)29-41(58)56-26-18-21-39(56)45(67-12)33(7)46(59)51-37(27-34-19-16-15-17-20-34)47(60)52-38(50(63)68-13)28-35-22-24-36(25-23-35)57(64)65/h15-17,19-20,22-25,30-33,37-40,42-45H,14,18,21,26-29H2,1-13H3,(H,51,59)(H,52,60)(H,53,61)/t32-,33+,37?,38-,39-,40+,42?,43-,44+,45+/m0/s1. The second-order valence-electron chi connectivity index (χ2n) is 18.9. The molecule has 1 heterocycles. The van der Waals surface area contributed by atoms with Crippen molar-refractivity contribution in [2.24, 2.45) is 23.7 Å². The Kier molecular flexibility index (Phi) is 22.5. The Balaban J connectivity index is 1.85. The van der Waals surface area contributed by atoms with E-state index in [2.05, 4.69) is 16.0 Å². The van der Waals surface area contributed by atoms with Crippen molar-refractivity contribution in [2.75, 3.05) is 49.0 Å². The van der Waals surface area contributed by atoms with E-state index in [1.807, 2.05) is 78.7 Å². The van der Waals surface area contributed by atoms with E-state index < -0.39 is 77.1 Å². The van der Waals surface area contributed by atoms with Gasteiger partial charge in [-0.25, -0.2) is 4.79 Å². The molecule has 0 spiro atoms. The summed E-state index contributed by atoms with van der Waals surface area (Å²) in [6.07, 6.45) is 0.367. The summed E-state index contributed by atoms with van der Waals surface area (Å²) in [5.74, 6) is -3.83. The van der Waals surface area contributed by atoms with Crippen LogP contribution in [0.15, 0.2) is 54.6 Å². The molecule has 0 aromatic heterocycles. The van der Waals surface area contributed by atoms with Crippen LogP contribution >= 0.6 is 0 Å². The molecule has 2 aromatic rings. The third-order valence-corrected chi connectivity index (χ3v) is 13.3. The molecule has 0 saturated carbocycles. The second-order valence-corrected chi connectivity index (χ2v) is 18.9. The number of hydrogen-bond acceptors (Lipinski definition) is 12. The van der Waals surface area contributed by atoms with Gasteiger partial charge in [0.1, 0.15) is 18.1 Å². The van der Waals surface area contributed by atoms with Gasteiger partial charge < -0.3 is 40.0 Å². The number of carbonyl (C=O) groups excluding carboxylic acids is 6. The number of rotatable bonds is 26. The molecule has 18 heteroatoms. The molecular weight excluding hydrogens is 875 g/mol. The van der Waals surface area contributed by atoms with E-state index in [-0.39, 0.29) is 60.4 Å². The number of likely N-dealkylation sites (N-methyl/N-ethyl adjacent to an activating group) is 2. The van der Waals surface area contributed by atoms with Gasteiger partial charge in [0, 0.05) is 52.8 Å². The predicted octanol–water partition coefficient (Wildman–Crippen LogP) is 4.17. The maximum Gasteiger partial charge on any atom is 0.328 e. The molecule has 0 bridgehead atoms. The molecule has 1 aliphatic rings. The Morgan fingerprint density at radius 1 is 0.779 bits per heavy atom. The monoisotopic (exact) mass is 952 g/mol. The fourth-order valence-electron chi connectivity index (χ4n) is 9.37. The lowest BCUT2D eigenvalue weighted by atomic mass is 9.89. The molecule has 2 unspecified atom stereocenters. The molecule has 0 aliphatic carbocycles. The Bertz CT molecular complexity index is 1970. The minimum Gasteiger partial charge on any atom is -0.467 e. The average molecular weight is 952 g/mol. The number of methoxy groups -OCH3 is 3. The maximum absolute atomic E-state index is 14.5. The van der Waals surface area contributed by atoms with Gasteiger partial charge in [0.15, 0.2) is 0 Å². The Labute approximate surface area is 402 Å². The lowest BCUT2D eigenvalue weighted by molar-refractivity contribution is -0.384. The van der Waals surface area contributed by atoms with Crippen LogP contribution in [0.5, 0.6) is 0 Å². The smallest absolute Gasteiger partial charge is 0.328 e. The number of ether oxygens (including phenoxy) is 3. The van der Waals surface area contributed by atoms with E-state index in [4.69, 9.17) is 14.2 Å². The molecule has 1 saturated heterocycles. The second kappa shape index (κ2) is 26.9. The normalized spacial score (nSPS) is 17.8. The van der Waals surface area contributed by atoms with E-state index in [0.29, 0.717) is 31.4 Å². The average Bonchev–Trinajstić information content (AvgIpc) is 3.79. The third-order valence-electron chi connectivity index (χ3n) is 13.3. The first kappa shape index (κ1) is 56.9. The van der Waals surface area contributed by atoms with Crippen LogP contribution in [-0.2, 0) is 55.8 Å². The lowest BCUT2D eigenvalue weighted by Crippen LogP contribution is -2.59. The number of esters is 1. The van der Waals surface area contributed by atoms with Crippen LogP contribution in [0.3, 0.4) is 0 Å². The Hall–Kier alpha value is -5.46. The molecule has 1 aliphatic heterocycles. The van der Waals surface area contributed by atoms with Crippen LogP contribution in [0.2, 0.25) is 0 Å². The van der Waals surface area contributed by atoms with Gasteiger partial charge in [-0.2, -0.15) is 0 Å². The molecule has 1 fully saturated rings. The van der Waals surface area contributed by atoms with Crippen molar-refractivity contribution in [1.82, 2.24) is 30.7 Å². The van der Waals surface area contributed by atoms with E-state index in [9.17, 15) is 38.9 Å². The van der Waals surface area contributed by atoms with Crippen LogP contribution in [-0.4, -0.2) is 153 Å². The van der Waals surface area contributed by atoms with Crippen LogP contribution in [0, 0.1) is 33.8 Å². The van der Waals surface area contributed by atoms with Crippen LogP contribution in [0.25, 0.3) is 0 Å². The highest BCUT2D eigenvalue weighted by atomic mass is 16.6. The first-order chi connectivity index (χ1) is 32.1. The SMILES string of the molecule is CC[C@H](C)[C@H]([C@@H](CC(=O)N1CCC[C@H]1[C@H](OC)[C@@H](C)C(=O)NC(Cc1ccccc1)C(=O)N[C@@H](Cc1ccc([N+](=O)[O-])cc1)C(=O)OC)OC)N(C)C(=O)C(NC(=O)[C@H](C(C)C)N(C)C)C(C)C. The van der Waals surface area contributed by atoms with Gasteiger partial charge in [0.25, 0.3) is 5.69 Å². The summed E-state index contributed by atoms with van der Waals surface area (Å²) in [7, 11) is 9.55. The summed E-state index contributed by atoms with van der Waals surface area (Å²) in [4.78, 5) is 99.5. The number of hydrogen-bond donors (Lipinski definition) is 3. The van der Waals surface area contributed by atoms with Gasteiger partial charge in [-0.05, 0) is 55.8 Å². The highest BCUT2D eigenvalue weighted by molar-refractivity contribution is 5.92. The number of nitro groups is 1. The largest absolute Gasteiger partial charge is 0.467 e. The Morgan fingerprint density at radius 3 is 1.88 bits per heavy atom. The summed E-state index contributed by atoms with van der Waals surface area (Å²) < 4.78 is 17.1. The first-order valence-corrected chi connectivity index (χ1v) is 23.7. The number of nitro benzene ring substituents is 1. The molecule has 378 valence electrons. The van der Waals surface area contributed by atoms with Crippen LogP contribution < -0.4 is 16.0 Å². The first-order valence-electron chi connectivity index (χ1n) is 23.7. The summed E-state index contributed by atoms with van der Waals surface area (Å²) in [6.45, 7) is 13.8. The molecule has 5 amide bonds. The molecule has 10 atom stereocenters. The van der Waals surface area contributed by atoms with Gasteiger partial charge in [-0.3, -0.25) is 39.0 Å². The number of non-ortho nitro benzene ring substituents is 1. The summed E-state index contributed by atoms with van der Waals surface area (Å²) in [6, 6.07) is 10.0. The van der Waals surface area contributed by atoms with Crippen molar-refractivity contribution in [3.8, 4) is 0 Å². The van der Waals surface area contributed by atoms with Crippen molar-refractivity contribution < 1.29 is 47.9 Å². The van der Waals surface area contributed by atoms with E-state index in [1.54, 1.807) is 35.9 Å². The molecule has 3 rings (SSSR count). The number of benzene rings is 2. The maximum atomic E-state index is 14.5. The zero-order valence-corrected chi connectivity index (χ0v) is 42.4. The summed E-state index contributed by atoms with van der Waals surface area (Å²) in [5, 5.41) is 19.8. The minimum absolute atomic E-state index is 0.00616. The number of nitrogens with one attached hydrogen (secondary N) is 3. The third kappa shape index (κ3) is 15.3. The van der Waals surface area contributed by atoms with Crippen molar-refractivity contribution >= 4 is 41.2 Å². The van der Waals surface area contributed by atoms with Gasteiger partial charge in [0.2, 0.25) is 29.5 Å². The Morgan fingerprint density at radius 2 is 1.37 bits per heavy atom. The number of likely N-dealkylation sites (tertiary alicyclic amines) is 1. The predicted molar refractivity (Wildman–Crippen MR) is 258 cm³/mol. The van der Waals surface area contributed by atoms with Crippen LogP contribution in [0.1, 0.15) is 85.3 Å². The highest BCUT2D eigenvalue weighted by Crippen LogP contribution is 2.30. The van der Waals surface area contributed by atoms with Crippen molar-refractivity contribution in [3.05, 3.63) is 75.8 Å². The summed E-state index contributed by atoms with van der Waals surface area (Å²) in [5.41, 5.74) is 1.15. The van der Waals surface area contributed by atoms with Gasteiger partial charge in [-0.15, -0.1) is 0 Å². The molecule has 68 heavy (non-hydrogen) atoms. The van der Waals surface area contributed by atoms with Gasteiger partial charge >= 0.3 is 5.97 Å². The lowest BCUT2D eigenvalue weighted by Gasteiger charge is -2.41. The number of carbonyl (C=O) groups is 6. The fraction of sp³-hybridized carbons (Fsp3) is 0.640. The zero-order valence-electron chi connectivity index (χ0n) is 42.4. The van der Waals surface area contributed by atoms with Gasteiger partial charge in [0.05, 0.1) is 54.7 Å². The topological polar surface area (TPSA) is 219 Å². The highest BCUT2D eigenvalue weighted by Gasteiger charge is 2.44. The van der Waals surface area contributed by atoms with Crippen molar-refractivity contribution in [1.29, 1.82) is 0 Å². The van der Waals surface area contributed by atoms with Crippen molar-refractivity contribution in [2.45, 2.75) is 135 Å². The van der Waals surface area contributed by atoms with E-state index in [0.717, 1.165) is 5.56 Å². The summed E-state index contributed by atoms with van der Waals surface area (Å²) >= 11 is 0. The van der Waals surface area contributed by atoms with E-state index in [1.165, 1.54) is 45.6 Å². The van der Waals surface area contributed by atoms with Crippen molar-refractivity contribution in [3.63, 3.8) is 0 Å². The fourth-order valence-corrected chi connectivity index (χ4v) is 9.37. The molecule has 0 radical (unpaired) electrons. The number of amides is 5. The van der Waals surface area contributed by atoms with E-state index >= 15 is 0 Å².